The summed E-state index contributed by atoms with van der Waals surface area (Å²) < 4.78 is 12.8. The van der Waals surface area contributed by atoms with Gasteiger partial charge in [0.2, 0.25) is 5.91 Å². The van der Waals surface area contributed by atoms with Crippen molar-refractivity contribution in [1.82, 2.24) is 9.80 Å². The molecular formula is C23H19I2N3O7S. The Labute approximate surface area is 237 Å². The first-order valence-electron chi connectivity index (χ1n) is 10.7. The molecule has 2 aliphatic heterocycles. The number of nitro benzene ring substituents is 1. The van der Waals surface area contributed by atoms with Crippen LogP contribution in [0, 0.1) is 17.3 Å². The van der Waals surface area contributed by atoms with Crippen LogP contribution in [0.4, 0.5) is 10.5 Å². The van der Waals surface area contributed by atoms with Crippen LogP contribution in [0.1, 0.15) is 11.1 Å². The summed E-state index contributed by atoms with van der Waals surface area (Å²) in [5.74, 6) is -0.119. The minimum atomic E-state index is -0.491. The molecule has 36 heavy (non-hydrogen) atoms. The van der Waals surface area contributed by atoms with Crippen molar-refractivity contribution in [2.24, 2.45) is 0 Å². The van der Waals surface area contributed by atoms with Crippen LogP contribution in [0.15, 0.2) is 41.3 Å². The zero-order valence-electron chi connectivity index (χ0n) is 18.6. The predicted octanol–water partition coefficient (Wildman–Crippen LogP) is 4.28. The predicted molar refractivity (Wildman–Crippen MR) is 149 cm³/mol. The molecule has 2 aromatic carbocycles. The average molecular weight is 735 g/mol. The van der Waals surface area contributed by atoms with Crippen molar-refractivity contribution in [1.29, 1.82) is 0 Å². The fourth-order valence-electron chi connectivity index (χ4n) is 3.51. The summed E-state index contributed by atoms with van der Waals surface area (Å²) in [6, 6.07) is 9.82. The number of carbonyl (C=O) groups is 3. The molecule has 188 valence electrons. The average Bonchev–Trinajstić information content (AvgIpc) is 3.11. The van der Waals surface area contributed by atoms with Gasteiger partial charge in [0.1, 0.15) is 18.9 Å². The summed E-state index contributed by atoms with van der Waals surface area (Å²) in [6.45, 7) is 1.73. The molecule has 2 heterocycles. The third-order valence-electron chi connectivity index (χ3n) is 5.38. The maximum Gasteiger partial charge on any atom is 0.294 e. The monoisotopic (exact) mass is 735 g/mol. The number of thioether (sulfide) groups is 1. The van der Waals surface area contributed by atoms with Gasteiger partial charge in [0.25, 0.3) is 16.8 Å². The maximum absolute atomic E-state index is 12.9. The lowest BCUT2D eigenvalue weighted by atomic mass is 10.2. The summed E-state index contributed by atoms with van der Waals surface area (Å²) in [5, 5.41) is 10.3. The number of ether oxygens (including phenoxy) is 2. The van der Waals surface area contributed by atoms with Gasteiger partial charge in [-0.3, -0.25) is 29.4 Å². The van der Waals surface area contributed by atoms with Crippen molar-refractivity contribution < 1.29 is 28.8 Å². The molecule has 0 radical (unpaired) electrons. The Morgan fingerprint density at radius 1 is 1.14 bits per heavy atom. The van der Waals surface area contributed by atoms with Crippen LogP contribution in [0.2, 0.25) is 0 Å². The van der Waals surface area contributed by atoms with Gasteiger partial charge in [0.15, 0.2) is 0 Å². The van der Waals surface area contributed by atoms with Crippen LogP contribution in [0.25, 0.3) is 6.08 Å². The number of imide groups is 1. The molecule has 13 heteroatoms. The van der Waals surface area contributed by atoms with Crippen molar-refractivity contribution in [2.75, 3.05) is 32.8 Å². The topological polar surface area (TPSA) is 119 Å². The lowest BCUT2D eigenvalue weighted by molar-refractivity contribution is -0.384. The Morgan fingerprint density at radius 3 is 2.39 bits per heavy atom. The third kappa shape index (κ3) is 6.36. The number of carbonyl (C=O) groups excluding carboxylic acids is 3. The van der Waals surface area contributed by atoms with E-state index in [1.165, 1.54) is 12.1 Å². The van der Waals surface area contributed by atoms with E-state index in [1.807, 2.05) is 12.1 Å². The van der Waals surface area contributed by atoms with E-state index >= 15 is 0 Å². The van der Waals surface area contributed by atoms with Gasteiger partial charge in [0.05, 0.1) is 30.2 Å². The Bertz CT molecular complexity index is 1220. The first-order valence-corrected chi connectivity index (χ1v) is 13.7. The molecule has 0 saturated carbocycles. The maximum atomic E-state index is 12.9. The van der Waals surface area contributed by atoms with Gasteiger partial charge in [-0.1, -0.05) is 0 Å². The number of nitro groups is 1. The first-order chi connectivity index (χ1) is 17.2. The fraction of sp³-hybridized carbons (Fsp3) is 0.261. The molecule has 0 aromatic heterocycles. The molecular weight excluding hydrogens is 716 g/mol. The Morgan fingerprint density at radius 2 is 1.78 bits per heavy atom. The largest absolute Gasteiger partial charge is 0.487 e. The van der Waals surface area contributed by atoms with Crippen LogP contribution in [0.5, 0.6) is 5.75 Å². The molecule has 3 amide bonds. The van der Waals surface area contributed by atoms with Crippen LogP contribution in [-0.2, 0) is 20.9 Å². The van der Waals surface area contributed by atoms with Crippen molar-refractivity contribution in [3.63, 3.8) is 0 Å². The number of nitrogens with zero attached hydrogens (tertiary/aromatic N) is 3. The summed E-state index contributed by atoms with van der Waals surface area (Å²) in [5.41, 5.74) is 1.52. The highest BCUT2D eigenvalue weighted by Crippen LogP contribution is 2.35. The second-order valence-corrected chi connectivity index (χ2v) is 11.1. The first kappa shape index (κ1) is 26.8. The minimum Gasteiger partial charge on any atom is -0.487 e. The number of hydrogen-bond donors (Lipinski definition) is 0. The highest BCUT2D eigenvalue weighted by Gasteiger charge is 2.37. The van der Waals surface area contributed by atoms with Crippen molar-refractivity contribution in [2.45, 2.75) is 6.61 Å². The second-order valence-electron chi connectivity index (χ2n) is 7.79. The zero-order valence-corrected chi connectivity index (χ0v) is 23.8. The van der Waals surface area contributed by atoms with E-state index in [0.717, 1.165) is 34.9 Å². The molecule has 10 nitrogen and oxygen atoms in total. The van der Waals surface area contributed by atoms with Crippen LogP contribution < -0.4 is 4.74 Å². The Balaban J connectivity index is 1.43. The van der Waals surface area contributed by atoms with E-state index < -0.39 is 16.1 Å². The normalized spacial score (nSPS) is 17.1. The SMILES string of the molecule is O=C(CN1C(=O)S/C(=C/c2cc(I)c(OCc3ccc([N+](=O)[O-])cc3)c(I)c2)C1=O)N1CCOCC1. The number of amides is 3. The Kier molecular flexibility index (Phi) is 8.84. The lowest BCUT2D eigenvalue weighted by Crippen LogP contribution is -2.46. The van der Waals surface area contributed by atoms with E-state index in [1.54, 1.807) is 23.1 Å². The highest BCUT2D eigenvalue weighted by molar-refractivity contribution is 14.1. The highest BCUT2D eigenvalue weighted by atomic mass is 127. The number of non-ortho nitro benzene ring substituents is 1. The molecule has 0 N–H and O–H groups in total. The van der Waals surface area contributed by atoms with Gasteiger partial charge >= 0.3 is 0 Å². The molecule has 0 bridgehead atoms. The minimum absolute atomic E-state index is 0.0159. The molecule has 2 aromatic rings. The van der Waals surface area contributed by atoms with Gasteiger partial charge in [-0.15, -0.1) is 0 Å². The van der Waals surface area contributed by atoms with E-state index in [4.69, 9.17) is 9.47 Å². The van der Waals surface area contributed by atoms with Crippen molar-refractivity contribution in [3.8, 4) is 5.75 Å². The number of halogens is 2. The van der Waals surface area contributed by atoms with E-state index in [2.05, 4.69) is 45.2 Å². The molecule has 2 aliphatic rings. The molecule has 0 atom stereocenters. The summed E-state index contributed by atoms with van der Waals surface area (Å²) >= 11 is 5.07. The summed E-state index contributed by atoms with van der Waals surface area (Å²) in [6.07, 6.45) is 1.63. The van der Waals surface area contributed by atoms with Gasteiger partial charge in [0, 0.05) is 25.2 Å². The lowest BCUT2D eigenvalue weighted by Gasteiger charge is -2.28. The summed E-state index contributed by atoms with van der Waals surface area (Å²) in [4.78, 5) is 51.0. The second kappa shape index (κ2) is 11.9. The molecule has 4 rings (SSSR count). The molecule has 0 spiro atoms. The number of benzene rings is 2. The Hall–Kier alpha value is -2.24. The van der Waals surface area contributed by atoms with Gasteiger partial charge in [-0.2, -0.15) is 0 Å². The third-order valence-corrected chi connectivity index (χ3v) is 7.89. The van der Waals surface area contributed by atoms with Gasteiger partial charge < -0.3 is 14.4 Å². The zero-order chi connectivity index (χ0) is 25.8. The van der Waals surface area contributed by atoms with Gasteiger partial charge in [-0.05, 0) is 98.4 Å². The fourth-order valence-corrected chi connectivity index (χ4v) is 6.47. The van der Waals surface area contributed by atoms with Crippen LogP contribution in [0.3, 0.4) is 0 Å². The van der Waals surface area contributed by atoms with Crippen LogP contribution in [-0.4, -0.2) is 64.6 Å². The number of rotatable bonds is 7. The standard InChI is InChI=1S/C23H19I2N3O7S/c24-17-9-15(10-18(25)21(17)35-13-14-1-3-16(4-2-14)28(32)33)11-19-22(30)27(23(31)36-19)12-20(29)26-5-7-34-8-6-26/h1-4,9-11H,5-8,12-13H2/b19-11+. The molecule has 0 aliphatic carbocycles. The molecule has 2 fully saturated rings. The van der Waals surface area contributed by atoms with Crippen LogP contribution >= 0.6 is 56.9 Å². The number of hydrogen-bond acceptors (Lipinski definition) is 8. The van der Waals surface area contributed by atoms with Crippen molar-refractivity contribution >= 4 is 85.8 Å². The van der Waals surface area contributed by atoms with E-state index in [9.17, 15) is 24.5 Å². The quantitative estimate of drug-likeness (QED) is 0.179. The van der Waals surface area contributed by atoms with Crippen molar-refractivity contribution in [3.05, 3.63) is 69.7 Å². The summed E-state index contributed by atoms with van der Waals surface area (Å²) in [7, 11) is 0. The van der Waals surface area contributed by atoms with E-state index in [-0.39, 0.29) is 29.7 Å². The molecule has 2 saturated heterocycles. The van der Waals surface area contributed by atoms with E-state index in [0.29, 0.717) is 32.1 Å². The number of morpholine rings is 1. The smallest absolute Gasteiger partial charge is 0.294 e. The van der Waals surface area contributed by atoms with Gasteiger partial charge in [-0.25, -0.2) is 0 Å². The molecule has 0 unspecified atom stereocenters.